The Hall–Kier alpha value is -0.0800. The number of rotatable bonds is 4. The molecule has 1 atom stereocenters. The minimum atomic E-state index is 0.315. The van der Waals surface area contributed by atoms with Gasteiger partial charge in [-0.3, -0.25) is 0 Å². The molecule has 1 unspecified atom stereocenters. The van der Waals surface area contributed by atoms with E-state index < -0.39 is 0 Å². The zero-order chi connectivity index (χ0) is 8.10. The highest BCUT2D eigenvalue weighted by Crippen LogP contribution is 2.08. The van der Waals surface area contributed by atoms with E-state index in [1.54, 1.807) is 0 Å². The van der Waals surface area contributed by atoms with Gasteiger partial charge in [0.15, 0.2) is 0 Å². The van der Waals surface area contributed by atoms with Crippen molar-refractivity contribution in [1.29, 1.82) is 0 Å². The third kappa shape index (κ3) is 3.21. The maximum atomic E-state index is 5.76. The molecule has 1 saturated heterocycles. The molecule has 11 heavy (non-hydrogen) atoms. The topological polar surface area (TPSA) is 29.3 Å². The van der Waals surface area contributed by atoms with E-state index in [-0.39, 0.29) is 0 Å². The zero-order valence-electron chi connectivity index (χ0n) is 7.26. The second-order valence-electron chi connectivity index (χ2n) is 3.39. The van der Waals surface area contributed by atoms with E-state index >= 15 is 0 Å². The van der Waals surface area contributed by atoms with Gasteiger partial charge in [0.25, 0.3) is 0 Å². The van der Waals surface area contributed by atoms with Gasteiger partial charge in [-0.1, -0.05) is 6.92 Å². The second kappa shape index (κ2) is 4.73. The molecular formula is C9H19N2. The Bertz CT molecular complexity index is 97.7. The van der Waals surface area contributed by atoms with Crippen LogP contribution in [0.3, 0.4) is 0 Å². The van der Waals surface area contributed by atoms with E-state index in [2.05, 4.69) is 11.8 Å². The highest BCUT2D eigenvalue weighted by Gasteiger charge is 2.11. The van der Waals surface area contributed by atoms with Crippen molar-refractivity contribution < 1.29 is 0 Å². The van der Waals surface area contributed by atoms with Gasteiger partial charge in [-0.15, -0.1) is 0 Å². The van der Waals surface area contributed by atoms with Crippen LogP contribution in [0.5, 0.6) is 0 Å². The van der Waals surface area contributed by atoms with E-state index in [1.165, 1.54) is 32.5 Å². The molecule has 1 aliphatic heterocycles. The highest BCUT2D eigenvalue weighted by molar-refractivity contribution is 4.70. The SMILES string of the molecule is [CH2]CC(N)CCN1CCCC1. The van der Waals surface area contributed by atoms with Crippen LogP contribution in [0.25, 0.3) is 0 Å². The molecule has 0 aromatic heterocycles. The Balaban J connectivity index is 2.01. The summed E-state index contributed by atoms with van der Waals surface area (Å²) in [6.07, 6.45) is 4.73. The maximum Gasteiger partial charge on any atom is 0.00510 e. The fourth-order valence-electron chi connectivity index (χ4n) is 1.50. The first-order chi connectivity index (χ1) is 5.33. The lowest BCUT2D eigenvalue weighted by Gasteiger charge is -2.16. The van der Waals surface area contributed by atoms with Gasteiger partial charge in [0, 0.05) is 6.04 Å². The van der Waals surface area contributed by atoms with Crippen LogP contribution in [0, 0.1) is 6.92 Å². The largest absolute Gasteiger partial charge is 0.328 e. The van der Waals surface area contributed by atoms with Crippen LogP contribution in [0.1, 0.15) is 25.7 Å². The van der Waals surface area contributed by atoms with E-state index in [4.69, 9.17) is 5.73 Å². The number of nitrogens with zero attached hydrogens (tertiary/aromatic N) is 1. The van der Waals surface area contributed by atoms with Crippen LogP contribution in [0.15, 0.2) is 0 Å². The summed E-state index contributed by atoms with van der Waals surface area (Å²) in [5, 5.41) is 0. The normalized spacial score (nSPS) is 22.4. The van der Waals surface area contributed by atoms with Crippen LogP contribution in [0.4, 0.5) is 0 Å². The molecule has 65 valence electrons. The molecule has 2 N–H and O–H groups in total. The molecule has 1 heterocycles. The minimum absolute atomic E-state index is 0.315. The van der Waals surface area contributed by atoms with Crippen molar-refractivity contribution in [2.45, 2.75) is 31.7 Å². The van der Waals surface area contributed by atoms with Crippen LogP contribution in [-0.4, -0.2) is 30.6 Å². The summed E-state index contributed by atoms with van der Waals surface area (Å²) in [5.74, 6) is 0. The third-order valence-corrected chi connectivity index (χ3v) is 2.39. The van der Waals surface area contributed by atoms with Crippen molar-refractivity contribution in [1.82, 2.24) is 4.90 Å². The van der Waals surface area contributed by atoms with Crippen molar-refractivity contribution in [2.24, 2.45) is 5.73 Å². The Kier molecular flexibility index (Phi) is 3.87. The summed E-state index contributed by atoms with van der Waals surface area (Å²) in [6, 6.07) is 0.315. The van der Waals surface area contributed by atoms with Gasteiger partial charge in [-0.05, 0) is 45.3 Å². The van der Waals surface area contributed by atoms with Crippen molar-refractivity contribution in [3.63, 3.8) is 0 Å². The summed E-state index contributed by atoms with van der Waals surface area (Å²) in [6.45, 7) is 7.53. The smallest absolute Gasteiger partial charge is 0.00510 e. The van der Waals surface area contributed by atoms with Gasteiger partial charge in [0.1, 0.15) is 0 Å². The summed E-state index contributed by atoms with van der Waals surface area (Å²) < 4.78 is 0. The summed E-state index contributed by atoms with van der Waals surface area (Å²) in [4.78, 5) is 2.50. The molecule has 0 bridgehead atoms. The van der Waals surface area contributed by atoms with Gasteiger partial charge in [-0.2, -0.15) is 0 Å². The molecule has 1 fully saturated rings. The Morgan fingerprint density at radius 2 is 2.00 bits per heavy atom. The molecule has 1 rings (SSSR count). The predicted molar refractivity (Wildman–Crippen MR) is 48.2 cm³/mol. The predicted octanol–water partition coefficient (Wildman–Crippen LogP) is 1.02. The van der Waals surface area contributed by atoms with Gasteiger partial charge in [0.2, 0.25) is 0 Å². The molecule has 1 radical (unpaired) electrons. The zero-order valence-corrected chi connectivity index (χ0v) is 7.26. The van der Waals surface area contributed by atoms with E-state index in [0.29, 0.717) is 6.04 Å². The van der Waals surface area contributed by atoms with Crippen LogP contribution in [-0.2, 0) is 0 Å². The maximum absolute atomic E-state index is 5.76. The lowest BCUT2D eigenvalue weighted by Crippen LogP contribution is -2.28. The molecule has 0 spiro atoms. The minimum Gasteiger partial charge on any atom is -0.328 e. The summed E-state index contributed by atoms with van der Waals surface area (Å²) in [7, 11) is 0. The van der Waals surface area contributed by atoms with E-state index in [0.717, 1.165) is 12.8 Å². The third-order valence-electron chi connectivity index (χ3n) is 2.39. The Labute approximate surface area is 69.8 Å². The number of hydrogen-bond acceptors (Lipinski definition) is 2. The fourth-order valence-corrected chi connectivity index (χ4v) is 1.50. The first-order valence-corrected chi connectivity index (χ1v) is 4.60. The average molecular weight is 155 g/mol. The monoisotopic (exact) mass is 155 g/mol. The molecular weight excluding hydrogens is 136 g/mol. The lowest BCUT2D eigenvalue weighted by atomic mass is 10.2. The number of nitrogens with two attached hydrogens (primary N) is 1. The van der Waals surface area contributed by atoms with Crippen molar-refractivity contribution >= 4 is 0 Å². The van der Waals surface area contributed by atoms with Gasteiger partial charge in [-0.25, -0.2) is 0 Å². The van der Waals surface area contributed by atoms with Gasteiger partial charge >= 0.3 is 0 Å². The van der Waals surface area contributed by atoms with Crippen molar-refractivity contribution in [3.8, 4) is 0 Å². The first kappa shape index (κ1) is 9.01. The molecule has 0 saturated carbocycles. The van der Waals surface area contributed by atoms with Crippen molar-refractivity contribution in [3.05, 3.63) is 6.92 Å². The Morgan fingerprint density at radius 3 is 2.55 bits per heavy atom. The van der Waals surface area contributed by atoms with Crippen LogP contribution < -0.4 is 5.73 Å². The fraction of sp³-hybridized carbons (Fsp3) is 0.889. The van der Waals surface area contributed by atoms with E-state index in [1.807, 2.05) is 0 Å². The highest BCUT2D eigenvalue weighted by atomic mass is 15.1. The quantitative estimate of drug-likeness (QED) is 0.657. The van der Waals surface area contributed by atoms with Gasteiger partial charge in [0.05, 0.1) is 0 Å². The number of hydrogen-bond donors (Lipinski definition) is 1. The molecule has 2 heteroatoms. The molecule has 2 nitrogen and oxygen atoms in total. The molecule has 1 aliphatic rings. The molecule has 0 aliphatic carbocycles. The first-order valence-electron chi connectivity index (χ1n) is 4.60. The molecule has 0 aromatic rings. The summed E-state index contributed by atoms with van der Waals surface area (Å²) >= 11 is 0. The lowest BCUT2D eigenvalue weighted by molar-refractivity contribution is 0.321. The van der Waals surface area contributed by atoms with Crippen molar-refractivity contribution in [2.75, 3.05) is 19.6 Å². The van der Waals surface area contributed by atoms with Gasteiger partial charge < -0.3 is 10.6 Å². The molecule has 0 amide bonds. The van der Waals surface area contributed by atoms with Crippen LogP contribution in [0.2, 0.25) is 0 Å². The molecule has 0 aromatic carbocycles. The Morgan fingerprint density at radius 1 is 1.36 bits per heavy atom. The second-order valence-corrected chi connectivity index (χ2v) is 3.39. The number of likely N-dealkylation sites (tertiary alicyclic amines) is 1. The summed E-state index contributed by atoms with van der Waals surface area (Å²) in [5.41, 5.74) is 5.76. The average Bonchev–Trinajstić information content (AvgIpc) is 2.52. The van der Waals surface area contributed by atoms with Crippen LogP contribution >= 0.6 is 0 Å². The standard InChI is InChI=1S/C9H19N2/c1-2-9(10)5-8-11-6-3-4-7-11/h9H,1-8,10H2. The van der Waals surface area contributed by atoms with E-state index in [9.17, 15) is 0 Å².